The maximum atomic E-state index is 6.33. The molecule has 12 rings (SSSR count). The monoisotopic (exact) mass is 768 g/mol. The molecule has 0 aliphatic carbocycles. The van der Waals surface area contributed by atoms with E-state index in [-0.39, 0.29) is 0 Å². The Kier molecular flexibility index (Phi) is 7.82. The third-order valence-corrected chi connectivity index (χ3v) is 11.8. The maximum absolute atomic E-state index is 6.33. The Hall–Kier alpha value is -8.08. The fourth-order valence-electron chi connectivity index (χ4n) is 9.09. The van der Waals surface area contributed by atoms with Crippen molar-refractivity contribution in [1.82, 2.24) is 0 Å². The maximum Gasteiger partial charge on any atom is 0.135 e. The molecule has 0 unspecified atom stereocenters. The van der Waals surface area contributed by atoms with Crippen LogP contribution in [-0.4, -0.2) is 0 Å². The quantitative estimate of drug-likeness (QED) is 0.151. The lowest BCUT2D eigenvalue weighted by molar-refractivity contribution is 0.668. The first-order valence-corrected chi connectivity index (χ1v) is 20.3. The van der Waals surface area contributed by atoms with Gasteiger partial charge in [-0.15, -0.1) is 0 Å². The van der Waals surface area contributed by atoms with Crippen molar-refractivity contribution in [3.63, 3.8) is 0 Å². The van der Waals surface area contributed by atoms with Gasteiger partial charge in [-0.1, -0.05) is 127 Å². The molecule has 0 aliphatic heterocycles. The van der Waals surface area contributed by atoms with Crippen molar-refractivity contribution in [2.75, 3.05) is 9.80 Å². The topological polar surface area (TPSA) is 32.8 Å². The van der Waals surface area contributed by atoms with Crippen molar-refractivity contribution < 1.29 is 8.83 Å². The molecule has 4 heteroatoms. The van der Waals surface area contributed by atoms with Crippen LogP contribution in [0.5, 0.6) is 0 Å². The van der Waals surface area contributed by atoms with E-state index in [4.69, 9.17) is 8.83 Å². The Morgan fingerprint density at radius 3 is 1.47 bits per heavy atom. The summed E-state index contributed by atoms with van der Waals surface area (Å²) in [5.41, 5.74) is 12.2. The van der Waals surface area contributed by atoms with Gasteiger partial charge in [-0.3, -0.25) is 0 Å². The van der Waals surface area contributed by atoms with Crippen LogP contribution in [0.25, 0.3) is 76.5 Å². The van der Waals surface area contributed by atoms with Gasteiger partial charge < -0.3 is 18.6 Å². The fraction of sp³-hybridized carbons (Fsp3) is 0. The normalized spacial score (nSPS) is 11.7. The van der Waals surface area contributed by atoms with Crippen LogP contribution < -0.4 is 9.80 Å². The highest BCUT2D eigenvalue weighted by Gasteiger charge is 2.23. The summed E-state index contributed by atoms with van der Waals surface area (Å²) in [5, 5.41) is 9.05. The number of benzene rings is 10. The van der Waals surface area contributed by atoms with Crippen LogP contribution in [0.4, 0.5) is 34.1 Å². The minimum Gasteiger partial charge on any atom is -0.456 e. The predicted octanol–water partition coefficient (Wildman–Crippen LogP) is 16.4. The third kappa shape index (κ3) is 5.53. The Labute approximate surface area is 346 Å². The number of rotatable bonds is 7. The molecule has 60 heavy (non-hydrogen) atoms. The fourth-order valence-corrected chi connectivity index (χ4v) is 9.09. The first kappa shape index (κ1) is 34.0. The number of furan rings is 2. The highest BCUT2D eigenvalue weighted by molar-refractivity contribution is 6.20. The van der Waals surface area contributed by atoms with E-state index in [1.54, 1.807) is 0 Å². The summed E-state index contributed by atoms with van der Waals surface area (Å²) in [6, 6.07) is 77.7. The predicted molar refractivity (Wildman–Crippen MR) is 251 cm³/mol. The first-order chi connectivity index (χ1) is 29.7. The van der Waals surface area contributed by atoms with Gasteiger partial charge in [0.15, 0.2) is 0 Å². The van der Waals surface area contributed by atoms with Crippen LogP contribution in [0, 0.1) is 0 Å². The summed E-state index contributed by atoms with van der Waals surface area (Å²) in [5.74, 6) is 0. The molecule has 0 N–H and O–H groups in total. The van der Waals surface area contributed by atoms with Crippen molar-refractivity contribution in [2.24, 2.45) is 0 Å². The summed E-state index contributed by atoms with van der Waals surface area (Å²) in [6.07, 6.45) is 0. The van der Waals surface area contributed by atoms with E-state index in [0.717, 1.165) is 99.9 Å². The van der Waals surface area contributed by atoms with Crippen LogP contribution >= 0.6 is 0 Å². The van der Waals surface area contributed by atoms with Gasteiger partial charge in [0.1, 0.15) is 22.3 Å². The van der Waals surface area contributed by atoms with Crippen LogP contribution in [0.1, 0.15) is 0 Å². The van der Waals surface area contributed by atoms with E-state index in [9.17, 15) is 0 Å². The van der Waals surface area contributed by atoms with Crippen LogP contribution in [-0.2, 0) is 0 Å². The van der Waals surface area contributed by atoms with Gasteiger partial charge in [0, 0.05) is 55.4 Å². The van der Waals surface area contributed by atoms with Crippen molar-refractivity contribution in [3.8, 4) is 11.1 Å². The minimum atomic E-state index is 0.865. The number of hydrogen-bond acceptors (Lipinski definition) is 4. The van der Waals surface area contributed by atoms with Gasteiger partial charge in [-0.05, 0) is 118 Å². The molecule has 2 aromatic heterocycles. The lowest BCUT2D eigenvalue weighted by Crippen LogP contribution is -2.14. The Morgan fingerprint density at radius 2 is 0.817 bits per heavy atom. The number of nitrogens with zero attached hydrogens (tertiary/aromatic N) is 2. The van der Waals surface area contributed by atoms with E-state index in [1.165, 1.54) is 10.8 Å². The van der Waals surface area contributed by atoms with Crippen LogP contribution in [0.3, 0.4) is 0 Å². The van der Waals surface area contributed by atoms with Gasteiger partial charge in [0.2, 0.25) is 0 Å². The highest BCUT2D eigenvalue weighted by atomic mass is 16.3. The van der Waals surface area contributed by atoms with E-state index in [1.807, 2.05) is 24.3 Å². The molecule has 0 bridgehead atoms. The summed E-state index contributed by atoms with van der Waals surface area (Å²) >= 11 is 0. The molecule has 2 heterocycles. The largest absolute Gasteiger partial charge is 0.456 e. The molecule has 10 aromatic carbocycles. The van der Waals surface area contributed by atoms with E-state index < -0.39 is 0 Å². The molecular formula is C56H36N2O2. The average Bonchev–Trinajstić information content (AvgIpc) is 3.88. The molecule has 0 atom stereocenters. The van der Waals surface area contributed by atoms with Crippen LogP contribution in [0.2, 0.25) is 0 Å². The van der Waals surface area contributed by atoms with E-state index >= 15 is 0 Å². The van der Waals surface area contributed by atoms with Crippen molar-refractivity contribution in [2.45, 2.75) is 0 Å². The van der Waals surface area contributed by atoms with Gasteiger partial charge in [-0.2, -0.15) is 0 Å². The molecule has 0 spiro atoms. The molecule has 4 nitrogen and oxygen atoms in total. The average molecular weight is 769 g/mol. The molecule has 0 saturated heterocycles. The minimum absolute atomic E-state index is 0.865. The van der Waals surface area contributed by atoms with Gasteiger partial charge >= 0.3 is 0 Å². The zero-order valence-corrected chi connectivity index (χ0v) is 32.5. The Morgan fingerprint density at radius 1 is 0.283 bits per heavy atom. The molecule has 0 amide bonds. The molecule has 0 fully saturated rings. The van der Waals surface area contributed by atoms with Gasteiger partial charge in [-0.25, -0.2) is 0 Å². The van der Waals surface area contributed by atoms with Crippen molar-refractivity contribution in [3.05, 3.63) is 218 Å². The molecule has 0 radical (unpaired) electrons. The molecular weight excluding hydrogens is 733 g/mol. The van der Waals surface area contributed by atoms with E-state index in [2.05, 4.69) is 204 Å². The molecule has 12 aromatic rings. The van der Waals surface area contributed by atoms with Gasteiger partial charge in [0.05, 0.1) is 5.69 Å². The zero-order chi connectivity index (χ0) is 39.6. The summed E-state index contributed by atoms with van der Waals surface area (Å²) in [7, 11) is 0. The van der Waals surface area contributed by atoms with Crippen LogP contribution in [0.15, 0.2) is 227 Å². The lowest BCUT2D eigenvalue weighted by Gasteiger charge is -2.31. The standard InChI is InChI=1S/C56H36N2O2/c1-4-16-39(17-5-1)57(40-18-6-2-7-19-40)43-35-50-45(30-27-37-15-14-24-44(56(37)50)38-28-31-54-48(33-38)46-22-10-12-25-52(46)59-54)51(36-43)58(41-20-8-3-9-21-41)42-29-32-55-49(34-42)47-23-11-13-26-53(47)60-55/h1-36H. The number of fused-ring (bicyclic) bond motifs is 9. The molecule has 282 valence electrons. The smallest absolute Gasteiger partial charge is 0.135 e. The molecule has 0 saturated carbocycles. The summed E-state index contributed by atoms with van der Waals surface area (Å²) < 4.78 is 12.6. The lowest BCUT2D eigenvalue weighted by atomic mass is 9.91. The van der Waals surface area contributed by atoms with Crippen molar-refractivity contribution >= 4 is 99.5 Å². The Balaban J connectivity index is 1.19. The number of hydrogen-bond donors (Lipinski definition) is 0. The summed E-state index contributed by atoms with van der Waals surface area (Å²) in [4.78, 5) is 4.77. The number of anilines is 6. The van der Waals surface area contributed by atoms with Crippen molar-refractivity contribution in [1.29, 1.82) is 0 Å². The highest BCUT2D eigenvalue weighted by Crippen LogP contribution is 2.48. The molecule has 0 aliphatic rings. The second-order valence-electron chi connectivity index (χ2n) is 15.3. The first-order valence-electron chi connectivity index (χ1n) is 20.3. The second kappa shape index (κ2) is 13.8. The SMILES string of the molecule is c1ccc(N(c2ccccc2)c2cc(N(c3ccccc3)c3ccc4oc5ccccc5c4c3)c3ccc4cccc(-c5ccc6oc7ccccc7c6c5)c4c3c2)cc1. The third-order valence-electron chi connectivity index (χ3n) is 11.8. The second-order valence-corrected chi connectivity index (χ2v) is 15.3. The zero-order valence-electron chi connectivity index (χ0n) is 32.5. The number of para-hydroxylation sites is 5. The van der Waals surface area contributed by atoms with E-state index in [0.29, 0.717) is 0 Å². The summed E-state index contributed by atoms with van der Waals surface area (Å²) in [6.45, 7) is 0. The Bertz CT molecular complexity index is 3510. The van der Waals surface area contributed by atoms with Gasteiger partial charge in [0.25, 0.3) is 0 Å².